The molecule has 0 aliphatic carbocycles. The number of hydrogen-bond donors (Lipinski definition) is 1. The third-order valence-corrected chi connectivity index (χ3v) is 5.93. The maximum atomic E-state index is 12.0. The van der Waals surface area contributed by atoms with Gasteiger partial charge in [-0.05, 0) is 13.3 Å². The van der Waals surface area contributed by atoms with Crippen LogP contribution in [0, 0.1) is 0 Å². The van der Waals surface area contributed by atoms with Crippen molar-refractivity contribution >= 4 is 32.2 Å². The van der Waals surface area contributed by atoms with Crippen LogP contribution in [0.4, 0.5) is 5.13 Å². The number of thiazole rings is 1. The fourth-order valence-corrected chi connectivity index (χ4v) is 3.75. The largest absolute Gasteiger partial charge is 0.301 e. The molecule has 1 heterocycles. The van der Waals surface area contributed by atoms with Crippen LogP contribution in [0.1, 0.15) is 46.7 Å². The summed E-state index contributed by atoms with van der Waals surface area (Å²) < 4.78 is 23.7. The number of amides is 1. The molecule has 0 saturated carbocycles. The topological polar surface area (TPSA) is 76.1 Å². The second kappa shape index (κ2) is 6.22. The van der Waals surface area contributed by atoms with Gasteiger partial charge in [0.1, 0.15) is 5.25 Å². The van der Waals surface area contributed by atoms with Gasteiger partial charge in [-0.1, -0.05) is 27.7 Å². The second-order valence-electron chi connectivity index (χ2n) is 5.79. The van der Waals surface area contributed by atoms with Gasteiger partial charge in [0.05, 0.1) is 11.4 Å². The van der Waals surface area contributed by atoms with Crippen molar-refractivity contribution in [1.29, 1.82) is 0 Å². The van der Waals surface area contributed by atoms with Crippen molar-refractivity contribution in [3.63, 3.8) is 0 Å². The molecule has 1 aromatic heterocycles. The van der Waals surface area contributed by atoms with Gasteiger partial charge in [-0.15, -0.1) is 11.3 Å². The highest BCUT2D eigenvalue weighted by Gasteiger charge is 2.28. The third kappa shape index (κ3) is 4.28. The summed E-state index contributed by atoms with van der Waals surface area (Å²) in [5.41, 5.74) is 0.779. The summed E-state index contributed by atoms with van der Waals surface area (Å²) >= 11 is 1.31. The van der Waals surface area contributed by atoms with Crippen LogP contribution >= 0.6 is 11.3 Å². The number of anilines is 1. The van der Waals surface area contributed by atoms with Crippen LogP contribution in [0.3, 0.4) is 0 Å². The normalized spacial score (nSPS) is 14.1. The van der Waals surface area contributed by atoms with Gasteiger partial charge in [-0.2, -0.15) is 0 Å². The molecule has 1 N–H and O–H groups in total. The first-order valence-corrected chi connectivity index (χ1v) is 9.16. The zero-order valence-corrected chi connectivity index (χ0v) is 14.2. The Kier molecular flexibility index (Phi) is 5.32. The summed E-state index contributed by atoms with van der Waals surface area (Å²) in [6.45, 7) is 9.28. The Labute approximate surface area is 124 Å². The van der Waals surface area contributed by atoms with Crippen LogP contribution in [0.25, 0.3) is 0 Å². The first-order valence-electron chi connectivity index (χ1n) is 6.56. The second-order valence-corrected chi connectivity index (χ2v) is 9.09. The van der Waals surface area contributed by atoms with Crippen LogP contribution in [0.2, 0.25) is 0 Å². The van der Waals surface area contributed by atoms with E-state index < -0.39 is 21.0 Å². The fraction of sp³-hybridized carbons (Fsp3) is 0.692. The lowest BCUT2D eigenvalue weighted by Gasteiger charge is -2.14. The van der Waals surface area contributed by atoms with E-state index in [9.17, 15) is 13.2 Å². The molecule has 1 aromatic rings. The molecule has 1 amide bonds. The van der Waals surface area contributed by atoms with E-state index in [0.717, 1.165) is 5.69 Å². The van der Waals surface area contributed by atoms with Crippen molar-refractivity contribution in [2.24, 2.45) is 0 Å². The zero-order chi connectivity index (χ0) is 15.6. The summed E-state index contributed by atoms with van der Waals surface area (Å²) in [4.78, 5) is 16.3. The molecule has 1 rings (SSSR count). The predicted octanol–water partition coefficient (Wildman–Crippen LogP) is 2.59. The van der Waals surface area contributed by atoms with E-state index in [1.54, 1.807) is 6.92 Å². The molecule has 7 heteroatoms. The average Bonchev–Trinajstić information content (AvgIpc) is 2.76. The minimum absolute atomic E-state index is 0.0205. The van der Waals surface area contributed by atoms with Crippen molar-refractivity contribution < 1.29 is 13.2 Å². The molecule has 0 aliphatic heterocycles. The lowest BCUT2D eigenvalue weighted by Crippen LogP contribution is -2.34. The summed E-state index contributed by atoms with van der Waals surface area (Å²) in [5, 5.41) is 3.86. The van der Waals surface area contributed by atoms with Crippen LogP contribution in [-0.4, -0.2) is 30.3 Å². The summed E-state index contributed by atoms with van der Waals surface area (Å²) in [5.74, 6) is -0.500. The summed E-state index contributed by atoms with van der Waals surface area (Å²) in [6, 6.07) is 0. The van der Waals surface area contributed by atoms with Crippen molar-refractivity contribution in [3.05, 3.63) is 11.1 Å². The molecular weight excluding hydrogens is 296 g/mol. The molecule has 5 nitrogen and oxygen atoms in total. The average molecular weight is 318 g/mol. The molecule has 0 spiro atoms. The van der Waals surface area contributed by atoms with Crippen molar-refractivity contribution in [1.82, 2.24) is 4.98 Å². The first kappa shape index (κ1) is 17.1. The predicted molar refractivity (Wildman–Crippen MR) is 83.0 cm³/mol. The standard InChI is InChI=1S/C13H22N2O3S2/c1-6-7-20(17,18)9(2)11(16)15-12-14-10(8-19-12)13(3,4)5/h8-9H,6-7H2,1-5H3,(H,14,15,16). The minimum Gasteiger partial charge on any atom is -0.301 e. The Bertz CT molecular complexity index is 571. The van der Waals surface area contributed by atoms with Gasteiger partial charge in [0.25, 0.3) is 0 Å². The number of carbonyl (C=O) groups excluding carboxylic acids is 1. The molecule has 0 aliphatic rings. The molecule has 0 saturated heterocycles. The van der Waals surface area contributed by atoms with E-state index in [0.29, 0.717) is 11.6 Å². The van der Waals surface area contributed by atoms with E-state index in [1.165, 1.54) is 18.3 Å². The van der Waals surface area contributed by atoms with Crippen molar-refractivity contribution in [3.8, 4) is 0 Å². The highest BCUT2D eigenvalue weighted by molar-refractivity contribution is 7.92. The number of rotatable bonds is 5. The van der Waals surface area contributed by atoms with Crippen LogP contribution in [0.15, 0.2) is 5.38 Å². The van der Waals surface area contributed by atoms with Gasteiger partial charge in [0.2, 0.25) is 5.91 Å². The molecule has 0 radical (unpaired) electrons. The molecule has 1 atom stereocenters. The van der Waals surface area contributed by atoms with Crippen molar-refractivity contribution in [2.75, 3.05) is 11.1 Å². The number of nitrogens with one attached hydrogen (secondary N) is 1. The lowest BCUT2D eigenvalue weighted by atomic mass is 9.93. The SMILES string of the molecule is CCCS(=O)(=O)C(C)C(=O)Nc1nc(C(C)(C)C)cs1. The van der Waals surface area contributed by atoms with E-state index in [2.05, 4.69) is 10.3 Å². The number of aromatic nitrogens is 1. The Morgan fingerprint density at radius 2 is 2.05 bits per heavy atom. The fourth-order valence-electron chi connectivity index (χ4n) is 1.51. The maximum Gasteiger partial charge on any atom is 0.244 e. The molecular formula is C13H22N2O3S2. The Morgan fingerprint density at radius 1 is 1.45 bits per heavy atom. The Balaban J connectivity index is 2.79. The quantitative estimate of drug-likeness (QED) is 0.905. The number of carbonyl (C=O) groups is 1. The zero-order valence-electron chi connectivity index (χ0n) is 12.6. The molecule has 0 aromatic carbocycles. The van der Waals surface area contributed by atoms with Gasteiger partial charge in [-0.3, -0.25) is 4.79 Å². The summed E-state index contributed by atoms with van der Waals surface area (Å²) in [7, 11) is -3.39. The van der Waals surface area contributed by atoms with Gasteiger partial charge in [0.15, 0.2) is 15.0 Å². The first-order chi connectivity index (χ1) is 9.08. The van der Waals surface area contributed by atoms with E-state index in [1.807, 2.05) is 26.2 Å². The molecule has 20 heavy (non-hydrogen) atoms. The smallest absolute Gasteiger partial charge is 0.244 e. The van der Waals surface area contributed by atoms with E-state index in [4.69, 9.17) is 0 Å². The molecule has 114 valence electrons. The van der Waals surface area contributed by atoms with Gasteiger partial charge < -0.3 is 5.32 Å². The summed E-state index contributed by atoms with van der Waals surface area (Å²) in [6.07, 6.45) is 0.505. The van der Waals surface area contributed by atoms with E-state index >= 15 is 0 Å². The van der Waals surface area contributed by atoms with Crippen LogP contribution in [-0.2, 0) is 20.0 Å². The number of sulfone groups is 1. The van der Waals surface area contributed by atoms with Gasteiger partial charge in [-0.25, -0.2) is 13.4 Å². The van der Waals surface area contributed by atoms with Crippen molar-refractivity contribution in [2.45, 2.75) is 51.7 Å². The Hall–Kier alpha value is -0.950. The Morgan fingerprint density at radius 3 is 2.50 bits per heavy atom. The molecule has 0 fully saturated rings. The van der Waals surface area contributed by atoms with Gasteiger partial charge >= 0.3 is 0 Å². The van der Waals surface area contributed by atoms with Gasteiger partial charge in [0, 0.05) is 10.8 Å². The molecule has 1 unspecified atom stereocenters. The number of nitrogens with zero attached hydrogens (tertiary/aromatic N) is 1. The maximum absolute atomic E-state index is 12.0. The lowest BCUT2D eigenvalue weighted by molar-refractivity contribution is -0.115. The highest BCUT2D eigenvalue weighted by atomic mass is 32.2. The highest BCUT2D eigenvalue weighted by Crippen LogP contribution is 2.26. The third-order valence-electron chi connectivity index (χ3n) is 2.90. The van der Waals surface area contributed by atoms with Crippen LogP contribution in [0.5, 0.6) is 0 Å². The van der Waals surface area contributed by atoms with E-state index in [-0.39, 0.29) is 11.2 Å². The molecule has 0 bridgehead atoms. The minimum atomic E-state index is -3.39. The monoisotopic (exact) mass is 318 g/mol. The number of hydrogen-bond acceptors (Lipinski definition) is 5. The van der Waals surface area contributed by atoms with Crippen LogP contribution < -0.4 is 5.32 Å².